The van der Waals surface area contributed by atoms with Gasteiger partial charge in [-0.2, -0.15) is 4.98 Å². The summed E-state index contributed by atoms with van der Waals surface area (Å²) in [6.07, 6.45) is 10.5. The van der Waals surface area contributed by atoms with Crippen LogP contribution in [-0.4, -0.2) is 41.1 Å². The summed E-state index contributed by atoms with van der Waals surface area (Å²) in [5, 5.41) is 13.5. The van der Waals surface area contributed by atoms with Crippen LogP contribution >= 0.6 is 0 Å². The van der Waals surface area contributed by atoms with Crippen molar-refractivity contribution in [2.45, 2.75) is 44.6 Å². The summed E-state index contributed by atoms with van der Waals surface area (Å²) < 4.78 is 0. The molecular weight excluding hydrogens is 418 g/mol. The van der Waals surface area contributed by atoms with Crippen LogP contribution in [0.2, 0.25) is 0 Å². The molecule has 0 spiro atoms. The Balaban J connectivity index is 1.61. The van der Waals surface area contributed by atoms with Crippen LogP contribution in [0.3, 0.4) is 0 Å². The molecule has 0 bridgehead atoms. The molecule has 2 aromatic rings. The van der Waals surface area contributed by atoms with Crippen molar-refractivity contribution in [3.8, 4) is 0 Å². The van der Waals surface area contributed by atoms with Crippen LogP contribution in [0.4, 0.5) is 17.5 Å². The predicted octanol–water partition coefficient (Wildman–Crippen LogP) is 2.75. The standard InChI is InChI=1S/C24H29N7O2/c25-12-19(13-26)16-5-7-20(8-6-16)29-24-28-14-18(11-17-9-10-27-23(17)33)22(30-24)31(15-32)21-3-1-2-4-21/h5-8,12-15,17,21,25H,1-4,9-11,26H2,(H,27,33)(H,28,29,30)/t17-/m0/s1. The lowest BCUT2D eigenvalue weighted by atomic mass is 9.99. The molecule has 0 unspecified atom stereocenters. The van der Waals surface area contributed by atoms with Gasteiger partial charge in [0.25, 0.3) is 0 Å². The van der Waals surface area contributed by atoms with E-state index in [0.29, 0.717) is 30.3 Å². The molecule has 9 heteroatoms. The monoisotopic (exact) mass is 447 g/mol. The number of anilines is 3. The smallest absolute Gasteiger partial charge is 0.229 e. The van der Waals surface area contributed by atoms with Crippen molar-refractivity contribution in [2.75, 3.05) is 16.8 Å². The zero-order valence-corrected chi connectivity index (χ0v) is 18.5. The van der Waals surface area contributed by atoms with Crippen molar-refractivity contribution < 1.29 is 9.59 Å². The fraction of sp³-hybridized carbons (Fsp3) is 0.375. The topological polar surface area (TPSA) is 137 Å². The van der Waals surface area contributed by atoms with E-state index in [1.165, 1.54) is 12.4 Å². The van der Waals surface area contributed by atoms with Crippen LogP contribution in [0.15, 0.2) is 36.7 Å². The van der Waals surface area contributed by atoms with E-state index >= 15 is 0 Å². The average Bonchev–Trinajstić information content (AvgIpc) is 3.50. The minimum absolute atomic E-state index is 0.0394. The van der Waals surface area contributed by atoms with E-state index in [1.807, 2.05) is 24.3 Å². The van der Waals surface area contributed by atoms with Gasteiger partial charge in [-0.25, -0.2) is 4.98 Å². The van der Waals surface area contributed by atoms with E-state index in [9.17, 15) is 9.59 Å². The summed E-state index contributed by atoms with van der Waals surface area (Å²) in [5.74, 6) is 0.860. The summed E-state index contributed by atoms with van der Waals surface area (Å²) in [6.45, 7) is 0.675. The van der Waals surface area contributed by atoms with E-state index in [1.54, 1.807) is 11.1 Å². The van der Waals surface area contributed by atoms with Crippen molar-refractivity contribution in [3.63, 3.8) is 0 Å². The minimum atomic E-state index is -0.130. The molecule has 172 valence electrons. The number of carbonyl (C=O) groups excluding carboxylic acids is 2. The maximum absolute atomic E-state index is 12.1. The van der Waals surface area contributed by atoms with Crippen molar-refractivity contribution in [3.05, 3.63) is 47.8 Å². The molecule has 1 aromatic heterocycles. The maximum atomic E-state index is 12.1. The Morgan fingerprint density at radius 3 is 2.61 bits per heavy atom. The lowest BCUT2D eigenvalue weighted by molar-refractivity contribution is -0.122. The summed E-state index contributed by atoms with van der Waals surface area (Å²) in [7, 11) is 0. The van der Waals surface area contributed by atoms with Crippen molar-refractivity contribution >= 4 is 41.6 Å². The van der Waals surface area contributed by atoms with Crippen molar-refractivity contribution in [2.24, 2.45) is 11.7 Å². The highest BCUT2D eigenvalue weighted by molar-refractivity contribution is 6.08. The van der Waals surface area contributed by atoms with E-state index in [0.717, 1.165) is 55.3 Å². The van der Waals surface area contributed by atoms with E-state index in [4.69, 9.17) is 16.1 Å². The van der Waals surface area contributed by atoms with Gasteiger partial charge in [-0.05, 0) is 43.4 Å². The van der Waals surface area contributed by atoms with Crippen LogP contribution in [-0.2, 0) is 16.0 Å². The number of allylic oxidation sites excluding steroid dienone is 1. The molecular formula is C24H29N7O2. The van der Waals surface area contributed by atoms with E-state index < -0.39 is 0 Å². The van der Waals surface area contributed by atoms with Crippen LogP contribution in [0.5, 0.6) is 0 Å². The zero-order chi connectivity index (χ0) is 23.2. The normalized spacial score (nSPS) is 18.7. The fourth-order valence-electron chi connectivity index (χ4n) is 4.52. The number of rotatable bonds is 9. The van der Waals surface area contributed by atoms with Gasteiger partial charge in [0.05, 0.1) is 0 Å². The number of aromatic nitrogens is 2. The number of hydrogen-bond acceptors (Lipinski definition) is 7. The maximum Gasteiger partial charge on any atom is 0.229 e. The molecule has 0 radical (unpaired) electrons. The summed E-state index contributed by atoms with van der Waals surface area (Å²) in [5.41, 5.74) is 8.59. The molecule has 1 saturated carbocycles. The Morgan fingerprint density at radius 1 is 1.24 bits per heavy atom. The van der Waals surface area contributed by atoms with Crippen LogP contribution in [0.25, 0.3) is 5.57 Å². The van der Waals surface area contributed by atoms with Gasteiger partial charge in [0, 0.05) is 53.9 Å². The van der Waals surface area contributed by atoms with Gasteiger partial charge >= 0.3 is 0 Å². The SMILES string of the molecule is N=CC(=CN)c1ccc(Nc2ncc(C[C@@H]3CCNC3=O)c(N(C=O)C3CCCC3)n2)cc1. The molecule has 9 nitrogen and oxygen atoms in total. The second-order valence-electron chi connectivity index (χ2n) is 8.44. The quantitative estimate of drug-likeness (QED) is 0.345. The lowest BCUT2D eigenvalue weighted by Gasteiger charge is -2.26. The van der Waals surface area contributed by atoms with Gasteiger partial charge in [0.15, 0.2) is 0 Å². The van der Waals surface area contributed by atoms with Gasteiger partial charge in [-0.3, -0.25) is 14.5 Å². The summed E-state index contributed by atoms with van der Waals surface area (Å²) in [4.78, 5) is 35.1. The van der Waals surface area contributed by atoms with Crippen molar-refractivity contribution in [1.82, 2.24) is 15.3 Å². The van der Waals surface area contributed by atoms with Gasteiger partial charge < -0.3 is 21.8 Å². The molecule has 2 amide bonds. The van der Waals surface area contributed by atoms with E-state index in [2.05, 4.69) is 15.6 Å². The Labute approximate surface area is 193 Å². The molecule has 2 heterocycles. The predicted molar refractivity (Wildman–Crippen MR) is 128 cm³/mol. The molecule has 4 rings (SSSR count). The second-order valence-corrected chi connectivity index (χ2v) is 8.44. The number of nitrogens with zero attached hydrogens (tertiary/aromatic N) is 3. The first kappa shape index (κ1) is 22.4. The van der Waals surface area contributed by atoms with Gasteiger partial charge in [0.2, 0.25) is 18.3 Å². The highest BCUT2D eigenvalue weighted by atomic mass is 16.2. The third-order valence-electron chi connectivity index (χ3n) is 6.36. The number of carbonyl (C=O) groups is 2. The highest BCUT2D eigenvalue weighted by Gasteiger charge is 2.30. The van der Waals surface area contributed by atoms with Crippen LogP contribution in [0.1, 0.15) is 43.2 Å². The fourth-order valence-corrected chi connectivity index (χ4v) is 4.52. The zero-order valence-electron chi connectivity index (χ0n) is 18.5. The van der Waals surface area contributed by atoms with Gasteiger partial charge in [-0.15, -0.1) is 0 Å². The van der Waals surface area contributed by atoms with Gasteiger partial charge in [-0.1, -0.05) is 25.0 Å². The molecule has 1 saturated heterocycles. The molecule has 33 heavy (non-hydrogen) atoms. The van der Waals surface area contributed by atoms with Crippen molar-refractivity contribution in [1.29, 1.82) is 5.41 Å². The number of hydrogen-bond donors (Lipinski definition) is 4. The summed E-state index contributed by atoms with van der Waals surface area (Å²) >= 11 is 0. The second kappa shape index (κ2) is 10.2. The number of nitrogens with two attached hydrogens (primary N) is 1. The Morgan fingerprint density at radius 2 is 2.00 bits per heavy atom. The first-order chi connectivity index (χ1) is 16.1. The first-order valence-corrected chi connectivity index (χ1v) is 11.3. The van der Waals surface area contributed by atoms with Crippen LogP contribution < -0.4 is 21.3 Å². The number of benzene rings is 1. The molecule has 1 atom stereocenters. The molecule has 2 fully saturated rings. The molecule has 1 aromatic carbocycles. The number of nitrogens with one attached hydrogen (secondary N) is 3. The third kappa shape index (κ3) is 5.02. The molecule has 5 N–H and O–H groups in total. The Hall–Kier alpha value is -3.75. The van der Waals surface area contributed by atoms with Gasteiger partial charge in [0.1, 0.15) is 5.82 Å². The largest absolute Gasteiger partial charge is 0.404 e. The molecule has 2 aliphatic rings. The number of amides is 2. The third-order valence-corrected chi connectivity index (χ3v) is 6.36. The first-order valence-electron chi connectivity index (χ1n) is 11.3. The minimum Gasteiger partial charge on any atom is -0.404 e. The summed E-state index contributed by atoms with van der Waals surface area (Å²) in [6, 6.07) is 7.54. The Kier molecular flexibility index (Phi) is 6.97. The highest BCUT2D eigenvalue weighted by Crippen LogP contribution is 2.31. The lowest BCUT2D eigenvalue weighted by Crippen LogP contribution is -2.34. The molecule has 1 aliphatic carbocycles. The molecule has 1 aliphatic heterocycles. The Bertz CT molecular complexity index is 1050. The average molecular weight is 448 g/mol. The van der Waals surface area contributed by atoms with Crippen LogP contribution in [0, 0.1) is 11.3 Å². The van der Waals surface area contributed by atoms with E-state index in [-0.39, 0.29) is 17.9 Å².